The molecule has 3 heteroatoms. The van der Waals surface area contributed by atoms with Crippen molar-refractivity contribution in [3.05, 3.63) is 0 Å². The first kappa shape index (κ1) is 12.3. The van der Waals surface area contributed by atoms with E-state index in [1.165, 1.54) is 0 Å². The van der Waals surface area contributed by atoms with E-state index in [1.807, 2.05) is 25.8 Å². The second-order valence-electron chi connectivity index (χ2n) is 3.73. The summed E-state index contributed by atoms with van der Waals surface area (Å²) >= 11 is 0. The predicted octanol–water partition coefficient (Wildman–Crippen LogP) is 2.04. The minimum Gasteiger partial charge on any atom is -0.327 e. The highest BCUT2D eigenvalue weighted by Crippen LogP contribution is 2.00. The molecule has 0 radical (unpaired) electrons. The van der Waals surface area contributed by atoms with Gasteiger partial charge in [0, 0.05) is 26.7 Å². The largest absolute Gasteiger partial charge is 0.327 e. The quantitative estimate of drug-likeness (QED) is 0.659. The Labute approximate surface area is 81.7 Å². The molecular formula is C10H22N2O. The van der Waals surface area contributed by atoms with Crippen molar-refractivity contribution in [2.24, 2.45) is 5.92 Å². The molecule has 0 saturated carbocycles. The highest BCUT2D eigenvalue weighted by molar-refractivity contribution is 5.74. The van der Waals surface area contributed by atoms with E-state index in [-0.39, 0.29) is 6.03 Å². The van der Waals surface area contributed by atoms with Gasteiger partial charge in [0.1, 0.15) is 0 Å². The lowest BCUT2D eigenvalue weighted by molar-refractivity contribution is 0.163. The Balaban J connectivity index is 4.07. The van der Waals surface area contributed by atoms with Crippen LogP contribution in [0.15, 0.2) is 0 Å². The van der Waals surface area contributed by atoms with E-state index in [2.05, 4.69) is 13.8 Å². The van der Waals surface area contributed by atoms with Gasteiger partial charge in [-0.1, -0.05) is 13.8 Å². The fourth-order valence-electron chi connectivity index (χ4n) is 1.36. The van der Waals surface area contributed by atoms with Crippen molar-refractivity contribution >= 4 is 6.03 Å². The minimum atomic E-state index is 0.138. The first-order valence-electron chi connectivity index (χ1n) is 5.02. The molecule has 0 aromatic heterocycles. The summed E-state index contributed by atoms with van der Waals surface area (Å²) in [5, 5.41) is 0. The van der Waals surface area contributed by atoms with Crippen molar-refractivity contribution in [1.82, 2.24) is 9.80 Å². The van der Waals surface area contributed by atoms with Crippen LogP contribution in [-0.2, 0) is 0 Å². The van der Waals surface area contributed by atoms with Crippen molar-refractivity contribution in [3.63, 3.8) is 0 Å². The topological polar surface area (TPSA) is 23.6 Å². The number of carbonyl (C=O) groups is 1. The highest BCUT2D eigenvalue weighted by atomic mass is 16.2. The van der Waals surface area contributed by atoms with Crippen LogP contribution >= 0.6 is 0 Å². The van der Waals surface area contributed by atoms with E-state index in [0.29, 0.717) is 5.92 Å². The van der Waals surface area contributed by atoms with E-state index in [4.69, 9.17) is 0 Å². The SMILES string of the molecule is CCN(CC)C(=O)N(C)CC(C)C. The molecule has 0 aliphatic carbocycles. The fourth-order valence-corrected chi connectivity index (χ4v) is 1.36. The first-order valence-corrected chi connectivity index (χ1v) is 5.02. The molecule has 78 valence electrons. The van der Waals surface area contributed by atoms with E-state index in [9.17, 15) is 4.79 Å². The molecule has 0 bridgehead atoms. The molecule has 0 spiro atoms. The Morgan fingerprint density at radius 3 is 2.00 bits per heavy atom. The Morgan fingerprint density at radius 2 is 1.69 bits per heavy atom. The lowest BCUT2D eigenvalue weighted by atomic mass is 10.2. The number of carbonyl (C=O) groups excluding carboxylic acids is 1. The van der Waals surface area contributed by atoms with Gasteiger partial charge in [0.05, 0.1) is 0 Å². The van der Waals surface area contributed by atoms with Gasteiger partial charge in [0.15, 0.2) is 0 Å². The summed E-state index contributed by atoms with van der Waals surface area (Å²) in [6.45, 7) is 10.7. The molecule has 0 fully saturated rings. The van der Waals surface area contributed by atoms with Gasteiger partial charge < -0.3 is 9.80 Å². The van der Waals surface area contributed by atoms with Gasteiger partial charge in [0.25, 0.3) is 0 Å². The van der Waals surface area contributed by atoms with Crippen LogP contribution in [0.2, 0.25) is 0 Å². The number of amides is 2. The number of hydrogen-bond donors (Lipinski definition) is 0. The van der Waals surface area contributed by atoms with E-state index in [1.54, 1.807) is 4.90 Å². The maximum absolute atomic E-state index is 11.7. The van der Waals surface area contributed by atoms with Crippen LogP contribution in [0, 0.1) is 5.92 Å². The van der Waals surface area contributed by atoms with Crippen LogP contribution < -0.4 is 0 Å². The van der Waals surface area contributed by atoms with Crippen molar-refractivity contribution in [3.8, 4) is 0 Å². The molecule has 0 heterocycles. The standard InChI is InChI=1S/C10H22N2O/c1-6-12(7-2)10(13)11(5)8-9(3)4/h9H,6-8H2,1-5H3. The van der Waals surface area contributed by atoms with Gasteiger partial charge >= 0.3 is 6.03 Å². The second kappa shape index (κ2) is 5.84. The van der Waals surface area contributed by atoms with Gasteiger partial charge in [0.2, 0.25) is 0 Å². The summed E-state index contributed by atoms with van der Waals surface area (Å²) in [6.07, 6.45) is 0. The van der Waals surface area contributed by atoms with Crippen molar-refractivity contribution in [2.75, 3.05) is 26.7 Å². The third-order valence-electron chi connectivity index (χ3n) is 2.00. The van der Waals surface area contributed by atoms with Gasteiger partial charge in [-0.25, -0.2) is 4.79 Å². The van der Waals surface area contributed by atoms with E-state index >= 15 is 0 Å². The summed E-state index contributed by atoms with van der Waals surface area (Å²) in [5.41, 5.74) is 0. The van der Waals surface area contributed by atoms with E-state index in [0.717, 1.165) is 19.6 Å². The smallest absolute Gasteiger partial charge is 0.319 e. The number of urea groups is 1. The van der Waals surface area contributed by atoms with Gasteiger partial charge in [-0.05, 0) is 19.8 Å². The molecule has 0 unspecified atom stereocenters. The van der Waals surface area contributed by atoms with Crippen LogP contribution in [0.25, 0.3) is 0 Å². The monoisotopic (exact) mass is 186 g/mol. The van der Waals surface area contributed by atoms with Gasteiger partial charge in [-0.2, -0.15) is 0 Å². The average molecular weight is 186 g/mol. The second-order valence-corrected chi connectivity index (χ2v) is 3.73. The lowest BCUT2D eigenvalue weighted by Gasteiger charge is -2.27. The lowest BCUT2D eigenvalue weighted by Crippen LogP contribution is -2.42. The molecule has 13 heavy (non-hydrogen) atoms. The molecule has 3 nitrogen and oxygen atoms in total. The molecule has 0 atom stereocenters. The van der Waals surface area contributed by atoms with E-state index < -0.39 is 0 Å². The zero-order valence-electron chi connectivity index (χ0n) is 9.50. The predicted molar refractivity (Wildman–Crippen MR) is 55.8 cm³/mol. The summed E-state index contributed by atoms with van der Waals surface area (Å²) in [6, 6.07) is 0.138. The summed E-state index contributed by atoms with van der Waals surface area (Å²) in [7, 11) is 1.86. The number of nitrogens with zero attached hydrogens (tertiary/aromatic N) is 2. The highest BCUT2D eigenvalue weighted by Gasteiger charge is 2.14. The van der Waals surface area contributed by atoms with Crippen molar-refractivity contribution in [1.29, 1.82) is 0 Å². The maximum Gasteiger partial charge on any atom is 0.319 e. The zero-order chi connectivity index (χ0) is 10.4. The normalized spacial score (nSPS) is 10.3. The third kappa shape index (κ3) is 4.15. The Morgan fingerprint density at radius 1 is 1.23 bits per heavy atom. The number of hydrogen-bond acceptors (Lipinski definition) is 1. The van der Waals surface area contributed by atoms with Crippen LogP contribution in [0.5, 0.6) is 0 Å². The molecule has 0 saturated heterocycles. The molecule has 0 N–H and O–H groups in total. The van der Waals surface area contributed by atoms with Crippen molar-refractivity contribution < 1.29 is 4.79 Å². The molecule has 0 aromatic rings. The Kier molecular flexibility index (Phi) is 5.51. The summed E-state index contributed by atoms with van der Waals surface area (Å²) < 4.78 is 0. The van der Waals surface area contributed by atoms with Crippen LogP contribution in [0.4, 0.5) is 4.79 Å². The van der Waals surface area contributed by atoms with Crippen LogP contribution in [0.3, 0.4) is 0 Å². The molecule has 2 amide bonds. The summed E-state index contributed by atoms with van der Waals surface area (Å²) in [4.78, 5) is 15.3. The average Bonchev–Trinajstić information content (AvgIpc) is 2.05. The molecule has 0 rings (SSSR count). The fraction of sp³-hybridized carbons (Fsp3) is 0.900. The maximum atomic E-state index is 11.7. The Hall–Kier alpha value is -0.730. The molecular weight excluding hydrogens is 164 g/mol. The van der Waals surface area contributed by atoms with Crippen LogP contribution in [-0.4, -0.2) is 42.5 Å². The van der Waals surface area contributed by atoms with Gasteiger partial charge in [-0.3, -0.25) is 0 Å². The third-order valence-corrected chi connectivity index (χ3v) is 2.00. The molecule has 0 aromatic carbocycles. The van der Waals surface area contributed by atoms with Crippen molar-refractivity contribution in [2.45, 2.75) is 27.7 Å². The summed E-state index contributed by atoms with van der Waals surface area (Å²) in [5.74, 6) is 0.532. The Bertz CT molecular complexity index is 153. The zero-order valence-corrected chi connectivity index (χ0v) is 9.50. The minimum absolute atomic E-state index is 0.138. The molecule has 0 aliphatic rings. The molecule has 0 aliphatic heterocycles. The van der Waals surface area contributed by atoms with Gasteiger partial charge in [-0.15, -0.1) is 0 Å². The first-order chi connectivity index (χ1) is 6.02. The number of rotatable bonds is 4. The van der Waals surface area contributed by atoms with Crippen LogP contribution in [0.1, 0.15) is 27.7 Å².